The van der Waals surface area contributed by atoms with Crippen LogP contribution in [0.1, 0.15) is 43.6 Å². The van der Waals surface area contributed by atoms with Crippen LogP contribution in [0.4, 0.5) is 0 Å². The standard InChI is InChI=1S/C20H25N5O2S/c26-28(27,24-15-2-1-3-15)13-25-10-6-14(7-11-25)16-4-8-21-18-12-23-20-17(19(16)18)5-9-22-20/h4-5,8-9,12,14-15,21,24H,1-3,6-7,10-11,13H2. The van der Waals surface area contributed by atoms with E-state index in [9.17, 15) is 8.42 Å². The highest BCUT2D eigenvalue weighted by Crippen LogP contribution is 2.35. The van der Waals surface area contributed by atoms with Crippen molar-refractivity contribution in [1.29, 1.82) is 0 Å². The third-order valence-electron chi connectivity index (χ3n) is 6.16. The van der Waals surface area contributed by atoms with E-state index in [1.54, 1.807) is 6.20 Å². The highest BCUT2D eigenvalue weighted by atomic mass is 32.2. The van der Waals surface area contributed by atoms with Crippen LogP contribution in [0.3, 0.4) is 0 Å². The van der Waals surface area contributed by atoms with Crippen LogP contribution in [0.5, 0.6) is 0 Å². The first-order chi connectivity index (χ1) is 13.6. The molecule has 8 heteroatoms. The van der Waals surface area contributed by atoms with E-state index in [2.05, 4.69) is 30.6 Å². The molecule has 1 saturated carbocycles. The minimum absolute atomic E-state index is 0.112. The Bertz CT molecular complexity index is 1100. The normalized spacial score (nSPS) is 20.0. The Hall–Kier alpha value is -2.03. The highest BCUT2D eigenvalue weighted by molar-refractivity contribution is 7.89. The molecule has 7 nitrogen and oxygen atoms in total. The Morgan fingerprint density at radius 2 is 1.96 bits per heavy atom. The molecule has 3 aromatic heterocycles. The number of hydrogen-bond donors (Lipinski definition) is 2. The van der Waals surface area contributed by atoms with E-state index in [-0.39, 0.29) is 11.9 Å². The Kier molecular flexibility index (Phi) is 4.57. The number of sulfonamides is 1. The lowest BCUT2D eigenvalue weighted by atomic mass is 9.87. The van der Waals surface area contributed by atoms with E-state index in [1.807, 2.05) is 18.5 Å². The Labute approximate surface area is 164 Å². The van der Waals surface area contributed by atoms with Crippen molar-refractivity contribution in [3.8, 4) is 0 Å². The number of H-pyrrole nitrogens is 1. The molecule has 148 valence electrons. The molecule has 0 unspecified atom stereocenters. The van der Waals surface area contributed by atoms with E-state index in [0.29, 0.717) is 5.92 Å². The van der Waals surface area contributed by atoms with Gasteiger partial charge in [-0.3, -0.25) is 4.90 Å². The molecule has 3 aromatic rings. The monoisotopic (exact) mass is 399 g/mol. The number of pyridine rings is 2. The zero-order valence-electron chi connectivity index (χ0n) is 15.8. The van der Waals surface area contributed by atoms with Gasteiger partial charge in [0.05, 0.1) is 11.7 Å². The molecule has 0 atom stereocenters. The Morgan fingerprint density at radius 3 is 2.71 bits per heavy atom. The van der Waals surface area contributed by atoms with Crippen molar-refractivity contribution in [2.24, 2.45) is 0 Å². The molecule has 5 rings (SSSR count). The van der Waals surface area contributed by atoms with Crippen molar-refractivity contribution in [2.75, 3.05) is 19.0 Å². The van der Waals surface area contributed by atoms with Gasteiger partial charge in [0, 0.05) is 29.2 Å². The summed E-state index contributed by atoms with van der Waals surface area (Å²) in [5.41, 5.74) is 3.11. The number of aromatic nitrogens is 3. The molecule has 4 heterocycles. The molecule has 0 radical (unpaired) electrons. The smallest absolute Gasteiger partial charge is 0.225 e. The zero-order valence-corrected chi connectivity index (χ0v) is 16.6. The third-order valence-corrected chi connectivity index (χ3v) is 7.55. The van der Waals surface area contributed by atoms with E-state index >= 15 is 0 Å². The quantitative estimate of drug-likeness (QED) is 0.688. The molecule has 0 aromatic carbocycles. The van der Waals surface area contributed by atoms with Crippen LogP contribution in [-0.4, -0.2) is 53.3 Å². The summed E-state index contributed by atoms with van der Waals surface area (Å²) in [6.07, 6.45) is 10.6. The lowest BCUT2D eigenvalue weighted by Crippen LogP contribution is -2.46. The third kappa shape index (κ3) is 3.40. The van der Waals surface area contributed by atoms with Gasteiger partial charge in [-0.1, -0.05) is 6.42 Å². The van der Waals surface area contributed by atoms with Crippen molar-refractivity contribution in [3.63, 3.8) is 0 Å². The van der Waals surface area contributed by atoms with Crippen molar-refractivity contribution in [3.05, 3.63) is 36.3 Å². The largest absolute Gasteiger partial charge is 0.360 e. The fourth-order valence-corrected chi connectivity index (χ4v) is 6.01. The van der Waals surface area contributed by atoms with Gasteiger partial charge in [-0.25, -0.2) is 23.1 Å². The zero-order chi connectivity index (χ0) is 19.1. The first kappa shape index (κ1) is 18.0. The van der Waals surface area contributed by atoms with E-state index in [1.165, 1.54) is 10.9 Å². The van der Waals surface area contributed by atoms with Crippen molar-refractivity contribution < 1.29 is 8.42 Å². The Morgan fingerprint density at radius 1 is 1.14 bits per heavy atom. The molecule has 28 heavy (non-hydrogen) atoms. The molecule has 2 aliphatic rings. The van der Waals surface area contributed by atoms with Crippen molar-refractivity contribution in [1.82, 2.24) is 24.6 Å². The lowest BCUT2D eigenvalue weighted by molar-refractivity contribution is 0.240. The highest BCUT2D eigenvalue weighted by Gasteiger charge is 2.28. The molecule has 1 aliphatic carbocycles. The number of piperidine rings is 1. The maximum atomic E-state index is 12.4. The van der Waals surface area contributed by atoms with Crippen LogP contribution in [0.2, 0.25) is 0 Å². The van der Waals surface area contributed by atoms with Gasteiger partial charge in [0.1, 0.15) is 5.88 Å². The van der Waals surface area contributed by atoms with E-state index in [0.717, 1.165) is 61.7 Å². The van der Waals surface area contributed by atoms with Crippen LogP contribution in [0.15, 0.2) is 30.7 Å². The summed E-state index contributed by atoms with van der Waals surface area (Å²) in [7, 11) is -3.22. The van der Waals surface area contributed by atoms with Crippen LogP contribution in [0, 0.1) is 0 Å². The number of aromatic amines is 1. The van der Waals surface area contributed by atoms with Gasteiger partial charge in [0.25, 0.3) is 0 Å². The maximum Gasteiger partial charge on any atom is 0.225 e. The van der Waals surface area contributed by atoms with Gasteiger partial charge in [-0.15, -0.1) is 0 Å². The predicted octanol–water partition coefficient (Wildman–Crippen LogP) is 2.72. The number of fused-ring (bicyclic) bond motifs is 3. The van der Waals surface area contributed by atoms with Gasteiger partial charge in [-0.2, -0.15) is 0 Å². The first-order valence-corrected chi connectivity index (χ1v) is 11.7. The minimum atomic E-state index is -3.22. The average Bonchev–Trinajstić information content (AvgIpc) is 3.14. The van der Waals surface area contributed by atoms with Gasteiger partial charge < -0.3 is 4.98 Å². The molecule has 2 N–H and O–H groups in total. The van der Waals surface area contributed by atoms with Crippen LogP contribution >= 0.6 is 0 Å². The summed E-state index contributed by atoms with van der Waals surface area (Å²) >= 11 is 0. The van der Waals surface area contributed by atoms with Crippen LogP contribution in [-0.2, 0) is 10.0 Å². The molecule has 1 aliphatic heterocycles. The van der Waals surface area contributed by atoms with E-state index in [4.69, 9.17) is 0 Å². The number of likely N-dealkylation sites (tertiary alicyclic amines) is 1. The number of hydrogen-bond acceptors (Lipinski definition) is 5. The minimum Gasteiger partial charge on any atom is -0.360 e. The number of rotatable bonds is 5. The van der Waals surface area contributed by atoms with E-state index < -0.39 is 10.0 Å². The summed E-state index contributed by atoms with van der Waals surface area (Å²) in [5, 5.41) is 2.28. The average molecular weight is 400 g/mol. The summed E-state index contributed by atoms with van der Waals surface area (Å²) < 4.78 is 27.6. The summed E-state index contributed by atoms with van der Waals surface area (Å²) in [6, 6.07) is 4.34. The maximum absolute atomic E-state index is 12.4. The fourth-order valence-electron chi connectivity index (χ4n) is 4.46. The summed E-state index contributed by atoms with van der Waals surface area (Å²) in [6.45, 7) is 1.59. The molecule has 0 amide bonds. The molecular formula is C20H25N5O2S. The topological polar surface area (TPSA) is 91.0 Å². The van der Waals surface area contributed by atoms with Crippen molar-refractivity contribution >= 4 is 32.0 Å². The number of nitrogens with zero attached hydrogens (tertiary/aromatic N) is 3. The first-order valence-electron chi connectivity index (χ1n) is 10.0. The molecule has 2 fully saturated rings. The molecular weight excluding hydrogens is 374 g/mol. The van der Waals surface area contributed by atoms with Crippen LogP contribution < -0.4 is 4.72 Å². The predicted molar refractivity (Wildman–Crippen MR) is 110 cm³/mol. The van der Waals surface area contributed by atoms with Crippen LogP contribution in [0.25, 0.3) is 21.9 Å². The Balaban J connectivity index is 1.32. The summed E-state index contributed by atoms with van der Waals surface area (Å²) in [4.78, 5) is 14.1. The van der Waals surface area contributed by atoms with Gasteiger partial charge in [0.15, 0.2) is 5.65 Å². The SMILES string of the molecule is O=S(=O)(CN1CCC(c2cc[nH]c3cnc4nccc4c23)CC1)NC1CCC1. The second-order valence-electron chi connectivity index (χ2n) is 8.04. The number of nitrogens with one attached hydrogen (secondary N) is 2. The molecule has 0 bridgehead atoms. The van der Waals surface area contributed by atoms with Crippen molar-refractivity contribution in [2.45, 2.75) is 44.1 Å². The van der Waals surface area contributed by atoms with Gasteiger partial charge in [0.2, 0.25) is 10.0 Å². The van der Waals surface area contributed by atoms with Gasteiger partial charge >= 0.3 is 0 Å². The van der Waals surface area contributed by atoms with Gasteiger partial charge in [-0.05, 0) is 62.4 Å². The second kappa shape index (κ2) is 7.09. The lowest BCUT2D eigenvalue weighted by Gasteiger charge is -2.33. The molecule has 1 saturated heterocycles. The molecule has 0 spiro atoms. The fraction of sp³-hybridized carbons (Fsp3) is 0.500. The second-order valence-corrected chi connectivity index (χ2v) is 9.77. The summed E-state index contributed by atoms with van der Waals surface area (Å²) in [5.74, 6) is 0.525.